The molecule has 22 heteroatoms. The standard InChI is InChI=1S/C32H44N4O3.C25H31N3O3.C24H29N3O2.C18H18N2O2/c1-24-11-12-28(39-24)31-25-10-7-19-36(20-8-17-34-13-3-4-14-34)32(25)26-22-29(37-2)30(23-27(26)33-31)38-21-9-18-35-15-5-6-16-35;1-17-8-9-21(31-17)25-18-7-5-10-26-24(18)19-15-22(29-2)23(16-20(19)27-25)30-14-6-13-28-11-3-4-12-28;1-17-7-10-22(29-17)24-20-6-4-11-25-23(20)19-9-8-18(16-21(19)26-24)28-15-5-14-27-12-2-3-13-27;1-11-5-8-16(22-11)18-14-4-3-9-19-17(14)13-7-6-12(21-2)10-15(13)20-18/h11-12,22-23H,3-10,13-21H2,1-2H3;8-9,15-16,26H,3-7,10-14H2,1-2H3;7-10,16,25H,2-6,11-15H2,1H3;5-8,10,19H,3-4,9H2,1-2H3. The number of hydrogen-bond donors (Lipinski definition) is 3. The van der Waals surface area contributed by atoms with E-state index in [4.69, 9.17) is 66.0 Å². The number of hydrogen-bond acceptors (Lipinski definition) is 22. The van der Waals surface area contributed by atoms with Crippen LogP contribution < -0.4 is 49.3 Å². The molecule has 8 aliphatic heterocycles. The van der Waals surface area contributed by atoms with Gasteiger partial charge >= 0.3 is 0 Å². The summed E-state index contributed by atoms with van der Waals surface area (Å²) >= 11 is 0. The van der Waals surface area contributed by atoms with Crippen molar-refractivity contribution in [3.63, 3.8) is 0 Å². The number of aromatic nitrogens is 4. The molecule has 22 nitrogen and oxygen atoms in total. The Morgan fingerprint density at radius 2 is 0.669 bits per heavy atom. The summed E-state index contributed by atoms with van der Waals surface area (Å²) in [7, 11) is 5.12. The molecule has 0 bridgehead atoms. The van der Waals surface area contributed by atoms with Gasteiger partial charge in [0.1, 0.15) is 57.3 Å². The summed E-state index contributed by atoms with van der Waals surface area (Å²) in [5.74, 6) is 11.8. The molecule has 0 amide bonds. The number of rotatable bonds is 26. The molecule has 0 spiro atoms. The summed E-state index contributed by atoms with van der Waals surface area (Å²) < 4.78 is 59.2. The van der Waals surface area contributed by atoms with Gasteiger partial charge in [-0.1, -0.05) is 0 Å². The molecule has 0 radical (unpaired) electrons. The van der Waals surface area contributed by atoms with Crippen LogP contribution in [0.15, 0.2) is 127 Å². The number of nitrogens with one attached hydrogen (secondary N) is 3. The number of fused-ring (bicyclic) bond motifs is 12. The fourth-order valence-corrected chi connectivity index (χ4v) is 19.1. The predicted octanol–water partition coefficient (Wildman–Crippen LogP) is 20.1. The Morgan fingerprint density at radius 3 is 1.07 bits per heavy atom. The Morgan fingerprint density at radius 1 is 0.314 bits per heavy atom. The number of methoxy groups -OCH3 is 3. The second-order valence-corrected chi connectivity index (χ2v) is 33.8. The summed E-state index contributed by atoms with van der Waals surface area (Å²) in [4.78, 5) is 32.9. The molecule has 0 aliphatic carbocycles. The molecule has 8 aromatic heterocycles. The van der Waals surface area contributed by atoms with Crippen LogP contribution in [0, 0.1) is 27.7 Å². The zero-order chi connectivity index (χ0) is 82.5. The maximum Gasteiger partial charge on any atom is 0.163 e. The molecule has 16 heterocycles. The molecule has 121 heavy (non-hydrogen) atoms. The van der Waals surface area contributed by atoms with Crippen LogP contribution in [0.25, 0.3) is 89.4 Å². The Labute approximate surface area is 712 Å². The van der Waals surface area contributed by atoms with Crippen molar-refractivity contribution in [2.75, 3.05) is 173 Å². The third kappa shape index (κ3) is 19.4. The minimum Gasteiger partial charge on any atom is -0.497 e. The number of anilines is 4. The lowest BCUT2D eigenvalue weighted by Crippen LogP contribution is -2.33. The van der Waals surface area contributed by atoms with Gasteiger partial charge in [-0.25, -0.2) is 19.9 Å². The van der Waals surface area contributed by atoms with Gasteiger partial charge in [-0.2, -0.15) is 0 Å². The maximum atomic E-state index is 6.30. The minimum atomic E-state index is 0.672. The number of aryl methyl sites for hydroxylation is 4. The fraction of sp³-hybridized carbons (Fsp3) is 0.475. The van der Waals surface area contributed by atoms with Gasteiger partial charge in [-0.3, -0.25) is 0 Å². The van der Waals surface area contributed by atoms with Gasteiger partial charge in [0.25, 0.3) is 0 Å². The van der Waals surface area contributed by atoms with Gasteiger partial charge in [0, 0.05) is 137 Å². The smallest absolute Gasteiger partial charge is 0.163 e. The first-order valence-corrected chi connectivity index (χ1v) is 45.0. The van der Waals surface area contributed by atoms with Crippen molar-refractivity contribution in [3.05, 3.63) is 154 Å². The van der Waals surface area contributed by atoms with E-state index in [2.05, 4.69) is 89.0 Å². The average molecular weight is 1640 g/mol. The molecule has 12 aromatic rings. The van der Waals surface area contributed by atoms with Crippen LogP contribution >= 0.6 is 0 Å². The summed E-state index contributed by atoms with van der Waals surface area (Å²) in [5, 5.41) is 15.3. The van der Waals surface area contributed by atoms with Crippen molar-refractivity contribution in [2.45, 2.75) is 156 Å². The number of nitrogens with zero attached hydrogens (tertiary/aromatic N) is 9. The summed E-state index contributed by atoms with van der Waals surface area (Å²) in [6.07, 6.45) is 23.4. The van der Waals surface area contributed by atoms with Gasteiger partial charge in [0.05, 0.1) is 68.9 Å². The highest BCUT2D eigenvalue weighted by Crippen LogP contribution is 2.47. The van der Waals surface area contributed by atoms with Crippen LogP contribution in [-0.4, -0.2) is 192 Å². The quantitative estimate of drug-likeness (QED) is 0.0430. The lowest BCUT2D eigenvalue weighted by Gasteiger charge is -2.34. The second-order valence-electron chi connectivity index (χ2n) is 33.8. The molecule has 638 valence electrons. The van der Waals surface area contributed by atoms with Crippen LogP contribution in [0.3, 0.4) is 0 Å². The van der Waals surface area contributed by atoms with Crippen LogP contribution in [0.4, 0.5) is 22.7 Å². The average Bonchev–Trinajstić information content (AvgIpc) is 1.14. The minimum absolute atomic E-state index is 0.672. The largest absolute Gasteiger partial charge is 0.497 e. The lowest BCUT2D eigenvalue weighted by molar-refractivity contribution is 0.254. The fourth-order valence-electron chi connectivity index (χ4n) is 19.1. The third-order valence-corrected chi connectivity index (χ3v) is 25.2. The first-order valence-electron chi connectivity index (χ1n) is 45.0. The van der Waals surface area contributed by atoms with Gasteiger partial charge in [-0.05, 0) is 300 Å². The van der Waals surface area contributed by atoms with E-state index in [-0.39, 0.29) is 0 Å². The van der Waals surface area contributed by atoms with Crippen LogP contribution in [-0.2, 0) is 25.7 Å². The van der Waals surface area contributed by atoms with Crippen LogP contribution in [0.1, 0.15) is 148 Å². The van der Waals surface area contributed by atoms with Crippen molar-refractivity contribution < 1.29 is 46.1 Å². The Kier molecular flexibility index (Phi) is 26.8. The van der Waals surface area contributed by atoms with Gasteiger partial charge in [-0.15, -0.1) is 0 Å². The van der Waals surface area contributed by atoms with Crippen molar-refractivity contribution in [1.82, 2.24) is 39.5 Å². The molecule has 0 saturated carbocycles. The van der Waals surface area contributed by atoms with E-state index in [1.54, 1.807) is 21.3 Å². The Balaban J connectivity index is 0.000000117. The summed E-state index contributed by atoms with van der Waals surface area (Å²) in [6.45, 7) is 29.4. The topological polar surface area (TPSA) is 212 Å². The number of ether oxygens (including phenoxy) is 6. The van der Waals surface area contributed by atoms with Crippen molar-refractivity contribution >= 4 is 66.4 Å². The number of benzene rings is 4. The molecular weight excluding hydrogens is 1520 g/mol. The molecule has 0 unspecified atom stereocenters. The van der Waals surface area contributed by atoms with E-state index in [1.807, 2.05) is 88.4 Å². The third-order valence-electron chi connectivity index (χ3n) is 25.2. The number of likely N-dealkylation sites (tertiary alicyclic amines) is 4. The van der Waals surface area contributed by atoms with Gasteiger partial charge < -0.3 is 86.5 Å². The summed E-state index contributed by atoms with van der Waals surface area (Å²) in [5.41, 5.74) is 17.4. The highest BCUT2D eigenvalue weighted by atomic mass is 16.5. The highest BCUT2D eigenvalue weighted by molar-refractivity contribution is 6.01. The van der Waals surface area contributed by atoms with Crippen molar-refractivity contribution in [2.24, 2.45) is 0 Å². The second kappa shape index (κ2) is 39.1. The highest BCUT2D eigenvalue weighted by Gasteiger charge is 2.31. The first-order chi connectivity index (χ1) is 59.5. The first kappa shape index (κ1) is 82.8. The molecule has 3 N–H and O–H groups in total. The maximum absolute atomic E-state index is 6.30. The molecule has 4 fully saturated rings. The monoisotopic (exact) mass is 1640 g/mol. The van der Waals surface area contributed by atoms with Crippen LogP contribution in [0.2, 0.25) is 0 Å². The van der Waals surface area contributed by atoms with E-state index < -0.39 is 0 Å². The SMILES string of the molecule is COc1cc2c3c(c(-c4ccc(C)o4)nc2cc1OCCCN1CCCC1)CCCN3.COc1cc2c3c(c(-c4ccc(C)o4)nc2cc1OCCCN1CCCC1)CCCN3CCCN1CCCC1.COc1ccc2c3c(c(-c4ccc(C)o4)nc2c1)CCCN3.Cc1ccc(-c2nc3cc(OCCCN4CCCC4)ccc3c3c2CCCN3)o1. The van der Waals surface area contributed by atoms with E-state index in [0.717, 1.165) is 282 Å². The molecular formula is C99H122N12O10. The van der Waals surface area contributed by atoms with E-state index in [9.17, 15) is 0 Å². The van der Waals surface area contributed by atoms with Crippen molar-refractivity contribution in [1.29, 1.82) is 0 Å². The molecule has 20 rings (SSSR count). The van der Waals surface area contributed by atoms with Gasteiger partial charge in [0.2, 0.25) is 0 Å². The van der Waals surface area contributed by atoms with Gasteiger partial charge in [0.15, 0.2) is 46.0 Å². The molecule has 8 aliphatic rings. The zero-order valence-corrected chi connectivity index (χ0v) is 72.3. The molecule has 4 aromatic carbocycles. The van der Waals surface area contributed by atoms with E-state index in [0.29, 0.717) is 13.2 Å². The number of furan rings is 4. The summed E-state index contributed by atoms with van der Waals surface area (Å²) in [6, 6.07) is 36.8. The van der Waals surface area contributed by atoms with E-state index >= 15 is 0 Å². The van der Waals surface area contributed by atoms with Crippen LogP contribution in [0.5, 0.6) is 34.5 Å². The lowest BCUT2D eigenvalue weighted by atomic mass is 9.95. The Bertz CT molecular complexity index is 5530. The molecule has 4 saturated heterocycles. The normalized spacial score (nSPS) is 16.6. The number of pyridine rings is 4. The van der Waals surface area contributed by atoms with Crippen molar-refractivity contribution in [3.8, 4) is 80.3 Å². The molecule has 0 atom stereocenters. The van der Waals surface area contributed by atoms with E-state index in [1.165, 1.54) is 156 Å². The predicted molar refractivity (Wildman–Crippen MR) is 485 cm³/mol. The zero-order valence-electron chi connectivity index (χ0n) is 72.3. The Hall–Kier alpha value is -10.5.